The summed E-state index contributed by atoms with van der Waals surface area (Å²) in [6.45, 7) is 0. The summed E-state index contributed by atoms with van der Waals surface area (Å²) in [5.74, 6) is 1.54. The average Bonchev–Trinajstić information content (AvgIpc) is 2.89. The molecule has 106 valence electrons. The smallest absolute Gasteiger partial charge is 0.230 e. The first-order valence-electron chi connectivity index (χ1n) is 6.54. The van der Waals surface area contributed by atoms with Crippen molar-refractivity contribution in [1.29, 1.82) is 0 Å². The number of halogens is 2. The molecule has 5 nitrogen and oxygen atoms in total. The molecule has 2 aromatic rings. The lowest BCUT2D eigenvalue weighted by molar-refractivity contribution is 0.301. The molecular formula is C13H14Br2N4O. The van der Waals surface area contributed by atoms with Crippen LogP contribution in [0.1, 0.15) is 37.5 Å². The van der Waals surface area contributed by atoms with E-state index in [0.717, 1.165) is 34.6 Å². The molecule has 0 bridgehead atoms. The van der Waals surface area contributed by atoms with Gasteiger partial charge in [0.15, 0.2) is 0 Å². The van der Waals surface area contributed by atoms with Gasteiger partial charge in [-0.25, -0.2) is 0 Å². The maximum absolute atomic E-state index is 5.92. The van der Waals surface area contributed by atoms with Gasteiger partial charge in [-0.1, -0.05) is 5.16 Å². The summed E-state index contributed by atoms with van der Waals surface area (Å²) >= 11 is 6.84. The highest BCUT2D eigenvalue weighted by molar-refractivity contribution is 9.11. The van der Waals surface area contributed by atoms with Crippen molar-refractivity contribution in [2.45, 2.75) is 37.6 Å². The molecule has 7 heteroatoms. The van der Waals surface area contributed by atoms with Crippen molar-refractivity contribution < 1.29 is 4.52 Å². The number of hydrogen-bond donors (Lipinski definition) is 1. The van der Waals surface area contributed by atoms with Crippen molar-refractivity contribution in [2.75, 3.05) is 0 Å². The molecule has 2 aromatic heterocycles. The molecule has 3 rings (SSSR count). The van der Waals surface area contributed by atoms with Crippen molar-refractivity contribution in [3.8, 4) is 11.5 Å². The second-order valence-corrected chi connectivity index (χ2v) is 6.82. The minimum atomic E-state index is 0.316. The number of hydrogen-bond acceptors (Lipinski definition) is 5. The SMILES string of the molecule is NC1CCC(c2nc(-c3ncc(Br)cc3Br)no2)CC1. The Hall–Kier alpha value is -0.790. The van der Waals surface area contributed by atoms with Gasteiger partial charge in [-0.05, 0) is 63.6 Å². The minimum absolute atomic E-state index is 0.316. The van der Waals surface area contributed by atoms with Crippen molar-refractivity contribution in [2.24, 2.45) is 5.73 Å². The Morgan fingerprint density at radius 3 is 2.65 bits per heavy atom. The van der Waals surface area contributed by atoms with Gasteiger partial charge >= 0.3 is 0 Å². The topological polar surface area (TPSA) is 77.8 Å². The Bertz CT molecular complexity index is 608. The van der Waals surface area contributed by atoms with Gasteiger partial charge in [-0.3, -0.25) is 4.98 Å². The third-order valence-corrected chi connectivity index (χ3v) is 4.62. The van der Waals surface area contributed by atoms with Crippen molar-refractivity contribution in [3.05, 3.63) is 27.1 Å². The number of nitrogens with two attached hydrogens (primary N) is 1. The summed E-state index contributed by atoms with van der Waals surface area (Å²) in [5, 5.41) is 4.05. The number of rotatable bonds is 2. The fraction of sp³-hybridized carbons (Fsp3) is 0.462. The van der Waals surface area contributed by atoms with Crippen LogP contribution in [0.2, 0.25) is 0 Å². The molecule has 1 aliphatic rings. The Labute approximate surface area is 133 Å². The molecular weight excluding hydrogens is 388 g/mol. The van der Waals surface area contributed by atoms with E-state index >= 15 is 0 Å². The van der Waals surface area contributed by atoms with Crippen LogP contribution in [0.25, 0.3) is 11.5 Å². The summed E-state index contributed by atoms with van der Waals surface area (Å²) in [4.78, 5) is 8.81. The summed E-state index contributed by atoms with van der Waals surface area (Å²) < 4.78 is 7.14. The van der Waals surface area contributed by atoms with E-state index < -0.39 is 0 Å². The van der Waals surface area contributed by atoms with Crippen LogP contribution in [-0.4, -0.2) is 21.2 Å². The molecule has 2 heterocycles. The van der Waals surface area contributed by atoms with E-state index in [1.165, 1.54) is 0 Å². The van der Waals surface area contributed by atoms with E-state index in [9.17, 15) is 0 Å². The van der Waals surface area contributed by atoms with E-state index in [-0.39, 0.29) is 0 Å². The average molecular weight is 402 g/mol. The predicted octanol–water partition coefficient (Wildman–Crippen LogP) is 3.64. The summed E-state index contributed by atoms with van der Waals surface area (Å²) in [7, 11) is 0. The van der Waals surface area contributed by atoms with Crippen LogP contribution in [0.15, 0.2) is 25.7 Å². The Balaban J connectivity index is 1.83. The quantitative estimate of drug-likeness (QED) is 0.830. The molecule has 20 heavy (non-hydrogen) atoms. The minimum Gasteiger partial charge on any atom is -0.339 e. The van der Waals surface area contributed by atoms with Crippen molar-refractivity contribution >= 4 is 31.9 Å². The van der Waals surface area contributed by atoms with Crippen LogP contribution >= 0.6 is 31.9 Å². The van der Waals surface area contributed by atoms with Crippen LogP contribution in [0, 0.1) is 0 Å². The third-order valence-electron chi connectivity index (χ3n) is 3.58. The summed E-state index contributed by atoms with van der Waals surface area (Å²) in [6.07, 6.45) is 5.77. The second-order valence-electron chi connectivity index (χ2n) is 5.05. The van der Waals surface area contributed by atoms with Gasteiger partial charge < -0.3 is 10.3 Å². The van der Waals surface area contributed by atoms with Crippen molar-refractivity contribution in [3.63, 3.8) is 0 Å². The van der Waals surface area contributed by atoms with Gasteiger partial charge in [0, 0.05) is 27.1 Å². The van der Waals surface area contributed by atoms with E-state index in [4.69, 9.17) is 10.3 Å². The van der Waals surface area contributed by atoms with Gasteiger partial charge in [-0.15, -0.1) is 0 Å². The number of aromatic nitrogens is 3. The van der Waals surface area contributed by atoms with Crippen LogP contribution in [0.3, 0.4) is 0 Å². The van der Waals surface area contributed by atoms with Gasteiger partial charge in [0.2, 0.25) is 11.7 Å². The molecule has 1 aliphatic carbocycles. The van der Waals surface area contributed by atoms with Gasteiger partial charge in [0.1, 0.15) is 5.69 Å². The zero-order valence-corrected chi connectivity index (χ0v) is 13.9. The molecule has 0 radical (unpaired) electrons. The lowest BCUT2D eigenvalue weighted by Crippen LogP contribution is -2.25. The zero-order valence-electron chi connectivity index (χ0n) is 10.7. The highest BCUT2D eigenvalue weighted by Crippen LogP contribution is 2.33. The highest BCUT2D eigenvalue weighted by atomic mass is 79.9. The van der Waals surface area contributed by atoms with E-state index in [1.807, 2.05) is 6.07 Å². The van der Waals surface area contributed by atoms with E-state index in [1.54, 1.807) is 6.20 Å². The third kappa shape index (κ3) is 2.94. The second kappa shape index (κ2) is 5.91. The number of pyridine rings is 1. The maximum Gasteiger partial charge on any atom is 0.230 e. The summed E-state index contributed by atoms with van der Waals surface area (Å²) in [6, 6.07) is 2.23. The molecule has 2 N–H and O–H groups in total. The largest absolute Gasteiger partial charge is 0.339 e. The highest BCUT2D eigenvalue weighted by Gasteiger charge is 2.25. The van der Waals surface area contributed by atoms with Crippen molar-refractivity contribution in [1.82, 2.24) is 15.1 Å². The molecule has 0 spiro atoms. The zero-order chi connectivity index (χ0) is 14.1. The molecule has 0 atom stereocenters. The van der Waals surface area contributed by atoms with Gasteiger partial charge in [-0.2, -0.15) is 4.98 Å². The van der Waals surface area contributed by atoms with E-state index in [2.05, 4.69) is 47.0 Å². The Morgan fingerprint density at radius 2 is 1.95 bits per heavy atom. The molecule has 1 saturated carbocycles. The first-order valence-corrected chi connectivity index (χ1v) is 8.12. The predicted molar refractivity (Wildman–Crippen MR) is 82.1 cm³/mol. The lowest BCUT2D eigenvalue weighted by Gasteiger charge is -2.22. The van der Waals surface area contributed by atoms with Gasteiger partial charge in [0.05, 0.1) is 0 Å². The standard InChI is InChI=1S/C13H14Br2N4O/c14-8-5-10(15)11(17-6-8)12-18-13(20-19-12)7-1-3-9(16)4-2-7/h5-7,9H,1-4,16H2. The van der Waals surface area contributed by atoms with Crippen LogP contribution in [0.4, 0.5) is 0 Å². The summed E-state index contributed by atoms with van der Waals surface area (Å²) in [5.41, 5.74) is 6.61. The van der Waals surface area contributed by atoms with Crippen LogP contribution in [0.5, 0.6) is 0 Å². The lowest BCUT2D eigenvalue weighted by atomic mass is 9.86. The normalized spacial score (nSPS) is 22.9. The molecule has 0 amide bonds. The van der Waals surface area contributed by atoms with E-state index in [0.29, 0.717) is 29.4 Å². The fourth-order valence-electron chi connectivity index (χ4n) is 2.44. The monoisotopic (exact) mass is 400 g/mol. The molecule has 0 aromatic carbocycles. The molecule has 0 unspecified atom stereocenters. The van der Waals surface area contributed by atoms with Crippen LogP contribution in [-0.2, 0) is 0 Å². The number of nitrogens with zero attached hydrogens (tertiary/aromatic N) is 3. The fourth-order valence-corrected chi connectivity index (χ4v) is 3.61. The van der Waals surface area contributed by atoms with Crippen LogP contribution < -0.4 is 5.73 Å². The Morgan fingerprint density at radius 1 is 1.20 bits per heavy atom. The van der Waals surface area contributed by atoms with Gasteiger partial charge in [0.25, 0.3) is 0 Å². The first-order chi connectivity index (χ1) is 9.63. The maximum atomic E-state index is 5.92. The Kier molecular flexibility index (Phi) is 4.18. The molecule has 0 saturated heterocycles. The molecule has 0 aliphatic heterocycles. The molecule has 1 fully saturated rings. The first kappa shape index (κ1) is 14.2.